The van der Waals surface area contributed by atoms with Gasteiger partial charge in [0.25, 0.3) is 0 Å². The van der Waals surface area contributed by atoms with Crippen LogP contribution in [0, 0.1) is 0 Å². The second-order valence-electron chi connectivity index (χ2n) is 3.02. The molecular formula is C10H9Br2NS2. The lowest BCUT2D eigenvalue weighted by atomic mass is 10.2. The molecule has 1 N–H and O–H groups in total. The fourth-order valence-corrected chi connectivity index (χ4v) is 4.76. The summed E-state index contributed by atoms with van der Waals surface area (Å²) in [4.78, 5) is 2.65. The molecule has 0 saturated heterocycles. The maximum Gasteiger partial charge on any atom is 0.0774 e. The predicted molar refractivity (Wildman–Crippen MR) is 74.9 cm³/mol. The van der Waals surface area contributed by atoms with Crippen LogP contribution in [-0.2, 0) is 0 Å². The summed E-state index contributed by atoms with van der Waals surface area (Å²) in [6.07, 6.45) is 0. The van der Waals surface area contributed by atoms with E-state index in [0.717, 1.165) is 4.47 Å². The number of halogens is 2. The van der Waals surface area contributed by atoms with Crippen LogP contribution in [0.1, 0.15) is 15.8 Å². The van der Waals surface area contributed by atoms with Crippen molar-refractivity contribution in [1.82, 2.24) is 5.32 Å². The summed E-state index contributed by atoms with van der Waals surface area (Å²) in [6, 6.07) is 4.54. The van der Waals surface area contributed by atoms with Gasteiger partial charge < -0.3 is 5.32 Å². The first-order chi connectivity index (χ1) is 7.22. The van der Waals surface area contributed by atoms with Crippen molar-refractivity contribution in [1.29, 1.82) is 0 Å². The minimum atomic E-state index is 0.288. The Labute approximate surface area is 114 Å². The van der Waals surface area contributed by atoms with Gasteiger partial charge in [-0.1, -0.05) is 0 Å². The maximum absolute atomic E-state index is 3.58. The van der Waals surface area contributed by atoms with Crippen LogP contribution in [0.15, 0.2) is 31.8 Å². The molecule has 0 aliphatic carbocycles. The van der Waals surface area contributed by atoms with E-state index in [4.69, 9.17) is 0 Å². The van der Waals surface area contributed by atoms with Crippen molar-refractivity contribution in [3.8, 4) is 0 Å². The fourth-order valence-electron chi connectivity index (χ4n) is 1.39. The zero-order valence-corrected chi connectivity index (χ0v) is 12.8. The van der Waals surface area contributed by atoms with Crippen LogP contribution in [0.3, 0.4) is 0 Å². The minimum Gasteiger partial charge on any atom is -0.308 e. The molecule has 0 spiro atoms. The molecule has 15 heavy (non-hydrogen) atoms. The summed E-state index contributed by atoms with van der Waals surface area (Å²) < 4.78 is 2.33. The summed E-state index contributed by atoms with van der Waals surface area (Å²) >= 11 is 10.6. The zero-order valence-electron chi connectivity index (χ0n) is 7.96. The summed E-state index contributed by atoms with van der Waals surface area (Å²) in [5.41, 5.74) is 0. The van der Waals surface area contributed by atoms with Crippen molar-refractivity contribution in [3.05, 3.63) is 41.6 Å². The molecule has 0 saturated carbocycles. The molecule has 0 aliphatic heterocycles. The first-order valence-electron chi connectivity index (χ1n) is 4.36. The Kier molecular flexibility index (Phi) is 4.01. The van der Waals surface area contributed by atoms with Gasteiger partial charge in [0.15, 0.2) is 0 Å². The van der Waals surface area contributed by atoms with Gasteiger partial charge in [-0.2, -0.15) is 0 Å². The lowest BCUT2D eigenvalue weighted by Crippen LogP contribution is -2.15. The van der Waals surface area contributed by atoms with E-state index < -0.39 is 0 Å². The Morgan fingerprint density at radius 3 is 2.60 bits per heavy atom. The smallest absolute Gasteiger partial charge is 0.0774 e. The van der Waals surface area contributed by atoms with Crippen LogP contribution in [0.2, 0.25) is 0 Å². The maximum atomic E-state index is 3.58. The van der Waals surface area contributed by atoms with Crippen LogP contribution >= 0.6 is 54.5 Å². The molecule has 2 rings (SSSR count). The highest BCUT2D eigenvalue weighted by molar-refractivity contribution is 9.10. The predicted octanol–water partition coefficient (Wildman–Crippen LogP) is 4.64. The molecule has 1 atom stereocenters. The Morgan fingerprint density at radius 1 is 1.33 bits per heavy atom. The van der Waals surface area contributed by atoms with Crippen molar-refractivity contribution in [3.63, 3.8) is 0 Å². The monoisotopic (exact) mass is 365 g/mol. The molecule has 0 aromatic carbocycles. The van der Waals surface area contributed by atoms with E-state index in [1.807, 2.05) is 7.05 Å². The number of hydrogen-bond acceptors (Lipinski definition) is 3. The second-order valence-corrected chi connectivity index (χ2v) is 6.68. The summed E-state index contributed by atoms with van der Waals surface area (Å²) in [7, 11) is 1.99. The fraction of sp³-hybridized carbons (Fsp3) is 0.200. The highest BCUT2D eigenvalue weighted by atomic mass is 79.9. The van der Waals surface area contributed by atoms with E-state index in [9.17, 15) is 0 Å². The summed E-state index contributed by atoms with van der Waals surface area (Å²) in [5.74, 6) is 0. The summed E-state index contributed by atoms with van der Waals surface area (Å²) in [5, 5.41) is 7.56. The molecule has 0 amide bonds. The highest BCUT2D eigenvalue weighted by Gasteiger charge is 2.17. The second kappa shape index (κ2) is 5.10. The Bertz CT molecular complexity index is 450. The van der Waals surface area contributed by atoms with E-state index in [0.29, 0.717) is 0 Å². The average molecular weight is 367 g/mol. The van der Waals surface area contributed by atoms with Gasteiger partial charge in [0, 0.05) is 24.1 Å². The normalized spacial score (nSPS) is 13.0. The first kappa shape index (κ1) is 11.8. The molecule has 2 heterocycles. The molecular weight excluding hydrogens is 358 g/mol. The van der Waals surface area contributed by atoms with Crippen molar-refractivity contribution >= 4 is 54.5 Å². The van der Waals surface area contributed by atoms with Gasteiger partial charge in [-0.15, -0.1) is 22.7 Å². The number of thiophene rings is 2. The van der Waals surface area contributed by atoms with E-state index in [2.05, 4.69) is 60.1 Å². The van der Waals surface area contributed by atoms with Crippen molar-refractivity contribution in [2.24, 2.45) is 0 Å². The standard InChI is InChI=1S/C10H9Br2NS2/c1-13-9(8-4-6(11)5-15-8)10-7(12)2-3-14-10/h2-5,9,13H,1H3. The quantitative estimate of drug-likeness (QED) is 0.833. The van der Waals surface area contributed by atoms with Crippen LogP contribution in [0.4, 0.5) is 0 Å². The SMILES string of the molecule is CNC(c1cc(Br)cs1)c1sccc1Br. The lowest BCUT2D eigenvalue weighted by molar-refractivity contribution is 0.713. The van der Waals surface area contributed by atoms with Gasteiger partial charge in [-0.05, 0) is 56.4 Å². The van der Waals surface area contributed by atoms with Crippen LogP contribution < -0.4 is 5.32 Å². The van der Waals surface area contributed by atoms with E-state index in [-0.39, 0.29) is 6.04 Å². The van der Waals surface area contributed by atoms with Crippen molar-refractivity contribution in [2.45, 2.75) is 6.04 Å². The first-order valence-corrected chi connectivity index (χ1v) is 7.71. The molecule has 2 aromatic heterocycles. The van der Waals surface area contributed by atoms with Gasteiger partial charge in [0.1, 0.15) is 0 Å². The highest BCUT2D eigenvalue weighted by Crippen LogP contribution is 2.36. The van der Waals surface area contributed by atoms with E-state index in [1.54, 1.807) is 22.7 Å². The van der Waals surface area contributed by atoms with Crippen LogP contribution in [0.25, 0.3) is 0 Å². The Morgan fingerprint density at radius 2 is 2.13 bits per heavy atom. The number of hydrogen-bond donors (Lipinski definition) is 1. The topological polar surface area (TPSA) is 12.0 Å². The molecule has 0 aliphatic rings. The zero-order chi connectivity index (χ0) is 10.8. The molecule has 0 radical (unpaired) electrons. The van der Waals surface area contributed by atoms with Gasteiger partial charge in [0.2, 0.25) is 0 Å². The van der Waals surface area contributed by atoms with E-state index >= 15 is 0 Å². The molecule has 2 aromatic rings. The van der Waals surface area contributed by atoms with Crippen molar-refractivity contribution < 1.29 is 0 Å². The third-order valence-corrected chi connectivity index (χ3v) is 5.76. The number of nitrogens with one attached hydrogen (secondary N) is 1. The average Bonchev–Trinajstić information content (AvgIpc) is 2.79. The van der Waals surface area contributed by atoms with Crippen LogP contribution in [0.5, 0.6) is 0 Å². The third kappa shape index (κ3) is 2.53. The molecule has 0 fully saturated rings. The molecule has 5 heteroatoms. The Hall–Kier alpha value is 0.320. The number of rotatable bonds is 3. The van der Waals surface area contributed by atoms with E-state index in [1.165, 1.54) is 14.2 Å². The van der Waals surface area contributed by atoms with Gasteiger partial charge in [0.05, 0.1) is 6.04 Å². The van der Waals surface area contributed by atoms with Crippen molar-refractivity contribution in [2.75, 3.05) is 7.05 Å². The molecule has 0 bridgehead atoms. The summed E-state index contributed by atoms with van der Waals surface area (Å²) in [6.45, 7) is 0. The Balaban J connectivity index is 2.36. The lowest BCUT2D eigenvalue weighted by Gasteiger charge is -2.13. The molecule has 1 unspecified atom stereocenters. The largest absolute Gasteiger partial charge is 0.308 e. The minimum absolute atomic E-state index is 0.288. The molecule has 1 nitrogen and oxygen atoms in total. The molecule has 80 valence electrons. The van der Waals surface area contributed by atoms with Gasteiger partial charge in [-0.25, -0.2) is 0 Å². The van der Waals surface area contributed by atoms with Gasteiger partial charge in [-0.3, -0.25) is 0 Å². The van der Waals surface area contributed by atoms with Crippen LogP contribution in [-0.4, -0.2) is 7.05 Å². The van der Waals surface area contributed by atoms with Gasteiger partial charge >= 0.3 is 0 Å². The third-order valence-electron chi connectivity index (χ3n) is 2.07.